The average Bonchev–Trinajstić information content (AvgIpc) is 2.27. The number of phenols is 1. The Hall–Kier alpha value is -1.44. The van der Waals surface area contributed by atoms with E-state index in [1.54, 1.807) is 12.1 Å². The monoisotopic (exact) mass is 242 g/mol. The van der Waals surface area contributed by atoms with E-state index in [0.717, 1.165) is 0 Å². The molecule has 0 amide bonds. The summed E-state index contributed by atoms with van der Waals surface area (Å²) in [6, 6.07) is 4.81. The second kappa shape index (κ2) is 6.21. The molecule has 0 saturated carbocycles. The Balaban J connectivity index is 0.00000225. The maximum atomic E-state index is 9.85. The van der Waals surface area contributed by atoms with E-state index in [9.17, 15) is 5.11 Å². The lowest BCUT2D eigenvalue weighted by Gasteiger charge is -2.15. The van der Waals surface area contributed by atoms with Crippen LogP contribution in [0, 0.1) is 11.3 Å². The van der Waals surface area contributed by atoms with E-state index >= 15 is 0 Å². The predicted molar refractivity (Wildman–Crippen MR) is 63.8 cm³/mol. The van der Waals surface area contributed by atoms with Crippen molar-refractivity contribution in [3.05, 3.63) is 23.3 Å². The van der Waals surface area contributed by atoms with Crippen molar-refractivity contribution >= 4 is 12.4 Å². The number of methoxy groups -OCH3 is 1. The fourth-order valence-electron chi connectivity index (χ4n) is 1.43. The van der Waals surface area contributed by atoms with Crippen LogP contribution in [0.4, 0.5) is 0 Å². The summed E-state index contributed by atoms with van der Waals surface area (Å²) in [6.07, 6.45) is 0.648. The summed E-state index contributed by atoms with van der Waals surface area (Å²) < 4.78 is 4.96. The Morgan fingerprint density at radius 3 is 2.62 bits per heavy atom. The maximum Gasteiger partial charge on any atom is 0.163 e. The van der Waals surface area contributed by atoms with Gasteiger partial charge in [0.2, 0.25) is 0 Å². The van der Waals surface area contributed by atoms with E-state index in [-0.39, 0.29) is 24.2 Å². The average molecular weight is 243 g/mol. The van der Waals surface area contributed by atoms with Gasteiger partial charge in [0.25, 0.3) is 0 Å². The molecule has 4 nitrogen and oxygen atoms in total. The van der Waals surface area contributed by atoms with Crippen LogP contribution in [0.5, 0.6) is 11.5 Å². The van der Waals surface area contributed by atoms with Crippen LogP contribution in [0.3, 0.4) is 0 Å². The van der Waals surface area contributed by atoms with Crippen LogP contribution in [0.25, 0.3) is 0 Å². The molecular formula is C11H15ClN2O2. The lowest BCUT2D eigenvalue weighted by molar-refractivity contribution is 0.368. The van der Waals surface area contributed by atoms with Gasteiger partial charge in [-0.1, -0.05) is 6.92 Å². The number of hydrogen-bond donors (Lipinski definition) is 2. The molecule has 16 heavy (non-hydrogen) atoms. The van der Waals surface area contributed by atoms with Gasteiger partial charge in [0.1, 0.15) is 0 Å². The van der Waals surface area contributed by atoms with Crippen molar-refractivity contribution < 1.29 is 9.84 Å². The summed E-state index contributed by atoms with van der Waals surface area (Å²) >= 11 is 0. The highest BCUT2D eigenvalue weighted by Crippen LogP contribution is 2.36. The number of hydrogen-bond acceptors (Lipinski definition) is 4. The van der Waals surface area contributed by atoms with Crippen molar-refractivity contribution in [3.63, 3.8) is 0 Å². The number of nitrogens with two attached hydrogens (primary N) is 1. The highest BCUT2D eigenvalue weighted by molar-refractivity contribution is 5.85. The largest absolute Gasteiger partial charge is 0.504 e. The Morgan fingerprint density at radius 2 is 2.19 bits per heavy atom. The van der Waals surface area contributed by atoms with E-state index < -0.39 is 0 Å². The first-order valence-corrected chi connectivity index (χ1v) is 4.71. The van der Waals surface area contributed by atoms with Gasteiger partial charge in [-0.25, -0.2) is 0 Å². The van der Waals surface area contributed by atoms with Gasteiger partial charge in [-0.3, -0.25) is 0 Å². The molecule has 0 aliphatic carbocycles. The molecule has 1 aromatic rings. The molecule has 1 rings (SSSR count). The SMILES string of the molecule is CC[C@H](N)c1c(C#N)ccc(OC)c1O.Cl. The van der Waals surface area contributed by atoms with Gasteiger partial charge in [0, 0.05) is 11.6 Å². The van der Waals surface area contributed by atoms with Crippen molar-refractivity contribution in [2.75, 3.05) is 7.11 Å². The molecule has 0 saturated heterocycles. The number of nitriles is 1. The Kier molecular flexibility index (Phi) is 5.65. The molecule has 0 fully saturated rings. The first-order chi connectivity index (χ1) is 7.15. The van der Waals surface area contributed by atoms with Crippen LogP contribution in [-0.2, 0) is 0 Å². The zero-order chi connectivity index (χ0) is 11.4. The Labute approximate surface area is 101 Å². The van der Waals surface area contributed by atoms with Crippen molar-refractivity contribution in [2.24, 2.45) is 5.73 Å². The Bertz CT molecular complexity index is 402. The minimum absolute atomic E-state index is 0. The van der Waals surface area contributed by atoms with Gasteiger partial charge in [-0.15, -0.1) is 12.4 Å². The van der Waals surface area contributed by atoms with Gasteiger partial charge in [-0.2, -0.15) is 5.26 Å². The Morgan fingerprint density at radius 1 is 1.56 bits per heavy atom. The molecule has 1 atom stereocenters. The second-order valence-electron chi connectivity index (χ2n) is 3.20. The summed E-state index contributed by atoms with van der Waals surface area (Å²) in [4.78, 5) is 0. The molecule has 0 aromatic heterocycles. The van der Waals surface area contributed by atoms with Crippen molar-refractivity contribution in [3.8, 4) is 17.6 Å². The lowest BCUT2D eigenvalue weighted by Crippen LogP contribution is -2.11. The fourth-order valence-corrected chi connectivity index (χ4v) is 1.43. The van der Waals surface area contributed by atoms with Crippen LogP contribution in [0.15, 0.2) is 12.1 Å². The molecule has 1 aromatic carbocycles. The predicted octanol–water partition coefficient (Wildman–Crippen LogP) is 2.10. The molecule has 0 radical (unpaired) electrons. The van der Waals surface area contributed by atoms with Gasteiger partial charge in [0.15, 0.2) is 11.5 Å². The number of halogens is 1. The molecule has 0 bridgehead atoms. The molecule has 0 heterocycles. The molecule has 88 valence electrons. The van der Waals surface area contributed by atoms with Gasteiger partial charge in [-0.05, 0) is 18.6 Å². The first-order valence-electron chi connectivity index (χ1n) is 4.71. The van der Waals surface area contributed by atoms with E-state index in [1.165, 1.54) is 7.11 Å². The van der Waals surface area contributed by atoms with Crippen LogP contribution >= 0.6 is 12.4 Å². The zero-order valence-electron chi connectivity index (χ0n) is 9.23. The summed E-state index contributed by atoms with van der Waals surface area (Å²) in [6.45, 7) is 1.89. The third kappa shape index (κ3) is 2.57. The molecule has 0 aliphatic heterocycles. The standard InChI is InChI=1S/C11H14N2O2.ClH/c1-3-8(13)10-7(6-12)4-5-9(15-2)11(10)14;/h4-5,8,14H,3,13H2,1-2H3;1H/t8-;/m0./s1. The third-order valence-electron chi connectivity index (χ3n) is 2.33. The fraction of sp³-hybridized carbons (Fsp3) is 0.364. The van der Waals surface area contributed by atoms with Gasteiger partial charge < -0.3 is 15.6 Å². The summed E-state index contributed by atoms with van der Waals surface area (Å²) in [5, 5.41) is 18.7. The topological polar surface area (TPSA) is 79.3 Å². The molecule has 0 aliphatic rings. The number of nitrogens with zero attached hydrogens (tertiary/aromatic N) is 1. The van der Waals surface area contributed by atoms with Crippen LogP contribution in [0.1, 0.15) is 30.5 Å². The normalized spacial score (nSPS) is 11.1. The molecule has 0 unspecified atom stereocenters. The molecule has 3 N–H and O–H groups in total. The summed E-state index contributed by atoms with van der Waals surface area (Å²) in [5.74, 6) is 0.304. The van der Waals surface area contributed by atoms with E-state index in [4.69, 9.17) is 15.7 Å². The van der Waals surface area contributed by atoms with Gasteiger partial charge >= 0.3 is 0 Å². The van der Waals surface area contributed by atoms with Crippen molar-refractivity contribution in [1.82, 2.24) is 0 Å². The smallest absolute Gasteiger partial charge is 0.163 e. The number of aromatic hydroxyl groups is 1. The lowest BCUT2D eigenvalue weighted by atomic mass is 9.98. The van der Waals surface area contributed by atoms with Crippen LogP contribution in [0.2, 0.25) is 0 Å². The van der Waals surface area contributed by atoms with E-state index in [1.807, 2.05) is 13.0 Å². The highest BCUT2D eigenvalue weighted by Gasteiger charge is 2.17. The number of benzene rings is 1. The maximum absolute atomic E-state index is 9.85. The summed E-state index contributed by atoms with van der Waals surface area (Å²) in [7, 11) is 1.46. The highest BCUT2D eigenvalue weighted by atomic mass is 35.5. The van der Waals surface area contributed by atoms with Crippen molar-refractivity contribution in [2.45, 2.75) is 19.4 Å². The van der Waals surface area contributed by atoms with Crippen LogP contribution < -0.4 is 10.5 Å². The molecule has 5 heteroatoms. The summed E-state index contributed by atoms with van der Waals surface area (Å²) in [5.41, 5.74) is 6.68. The molecular weight excluding hydrogens is 228 g/mol. The second-order valence-corrected chi connectivity index (χ2v) is 3.20. The van der Waals surface area contributed by atoms with Crippen molar-refractivity contribution in [1.29, 1.82) is 5.26 Å². The minimum Gasteiger partial charge on any atom is -0.504 e. The number of phenolic OH excluding ortho intramolecular Hbond substituents is 1. The number of ether oxygens (including phenoxy) is 1. The minimum atomic E-state index is -0.352. The van der Waals surface area contributed by atoms with Crippen LogP contribution in [-0.4, -0.2) is 12.2 Å². The van der Waals surface area contributed by atoms with Gasteiger partial charge in [0.05, 0.1) is 18.7 Å². The first kappa shape index (κ1) is 14.6. The number of rotatable bonds is 3. The molecule has 0 spiro atoms. The van der Waals surface area contributed by atoms with E-state index in [0.29, 0.717) is 23.3 Å². The third-order valence-corrected chi connectivity index (χ3v) is 2.33. The quantitative estimate of drug-likeness (QED) is 0.851. The zero-order valence-corrected chi connectivity index (χ0v) is 10.0. The van der Waals surface area contributed by atoms with E-state index in [2.05, 4.69) is 0 Å².